The number of rotatable bonds is 2. The van der Waals surface area contributed by atoms with Gasteiger partial charge in [0.15, 0.2) is 5.82 Å². The van der Waals surface area contributed by atoms with Crippen molar-refractivity contribution in [3.63, 3.8) is 0 Å². The Bertz CT molecular complexity index is 905. The van der Waals surface area contributed by atoms with Crippen LogP contribution < -0.4 is 5.32 Å². The molecule has 3 nitrogen and oxygen atoms in total. The first-order valence-electron chi connectivity index (χ1n) is 7.21. The van der Waals surface area contributed by atoms with Crippen LogP contribution in [-0.4, -0.2) is 16.3 Å². The average molecular weight is 423 g/mol. The van der Waals surface area contributed by atoms with Crippen molar-refractivity contribution in [2.45, 2.75) is 6.42 Å². The molecule has 2 aromatic carbocycles. The molecule has 6 heteroatoms. The molecule has 0 fully saturated rings. The van der Waals surface area contributed by atoms with Gasteiger partial charge in [-0.2, -0.15) is 5.10 Å². The number of nitrogens with one attached hydrogen (secondary N) is 1. The number of anilines is 1. The lowest BCUT2D eigenvalue weighted by Gasteiger charge is -2.07. The summed E-state index contributed by atoms with van der Waals surface area (Å²) in [5, 5.41) is 7.87. The first kappa shape index (κ1) is 14.6. The van der Waals surface area contributed by atoms with Crippen molar-refractivity contribution >= 4 is 28.4 Å². The summed E-state index contributed by atoms with van der Waals surface area (Å²) < 4.78 is 30.0. The lowest BCUT2D eigenvalue weighted by Crippen LogP contribution is -2.06. The van der Waals surface area contributed by atoms with Crippen molar-refractivity contribution in [3.05, 3.63) is 63.2 Å². The lowest BCUT2D eigenvalue weighted by molar-refractivity contribution is 0.574. The van der Waals surface area contributed by atoms with Gasteiger partial charge in [-0.05, 0) is 47.2 Å². The third-order valence-corrected chi connectivity index (χ3v) is 4.86. The zero-order valence-corrected chi connectivity index (χ0v) is 14.1. The number of hydrogen-bond donors (Lipinski definition) is 1. The highest BCUT2D eigenvalue weighted by Gasteiger charge is 2.25. The van der Waals surface area contributed by atoms with Crippen LogP contribution in [0.4, 0.5) is 14.6 Å². The highest BCUT2D eigenvalue weighted by atomic mass is 127. The molecule has 0 amide bonds. The molecule has 1 aromatic heterocycles. The summed E-state index contributed by atoms with van der Waals surface area (Å²) in [5.41, 5.74) is 3.18. The van der Waals surface area contributed by atoms with E-state index in [9.17, 15) is 8.78 Å². The van der Waals surface area contributed by atoms with Gasteiger partial charge in [0.1, 0.15) is 17.3 Å². The van der Waals surface area contributed by atoms with Gasteiger partial charge in [0, 0.05) is 27.3 Å². The van der Waals surface area contributed by atoms with Gasteiger partial charge in [-0.25, -0.2) is 13.5 Å². The minimum atomic E-state index is -0.627. The van der Waals surface area contributed by atoms with Crippen molar-refractivity contribution in [3.8, 4) is 16.9 Å². The van der Waals surface area contributed by atoms with Crippen LogP contribution in [-0.2, 0) is 6.42 Å². The van der Waals surface area contributed by atoms with Gasteiger partial charge in [-0.1, -0.05) is 18.2 Å². The Morgan fingerprint density at radius 2 is 1.96 bits per heavy atom. The fourth-order valence-electron chi connectivity index (χ4n) is 2.87. The minimum Gasteiger partial charge on any atom is -0.369 e. The third-order valence-electron chi connectivity index (χ3n) is 3.92. The van der Waals surface area contributed by atoms with E-state index in [2.05, 4.69) is 33.0 Å². The van der Waals surface area contributed by atoms with E-state index in [1.165, 1.54) is 16.8 Å². The molecule has 0 atom stereocenters. The number of nitrogens with zero attached hydrogens (tertiary/aromatic N) is 2. The minimum absolute atomic E-state index is 0.245. The molecular weight excluding hydrogens is 411 g/mol. The van der Waals surface area contributed by atoms with E-state index >= 15 is 0 Å². The molecule has 4 rings (SSSR count). The standard InChI is InChI=1S/C17H12F2IN3/c18-10-5-6-15(13(19)9-10)23-17-12(7-8-21-17)16(22-23)11-3-1-2-4-14(11)20/h1-6,9,21H,7-8H2. The van der Waals surface area contributed by atoms with Crippen LogP contribution in [0.2, 0.25) is 0 Å². The van der Waals surface area contributed by atoms with Crippen molar-refractivity contribution in [2.24, 2.45) is 0 Å². The molecule has 116 valence electrons. The summed E-state index contributed by atoms with van der Waals surface area (Å²) >= 11 is 2.27. The number of halogens is 3. The molecule has 1 aliphatic heterocycles. The van der Waals surface area contributed by atoms with E-state index in [1.807, 2.05) is 24.3 Å². The van der Waals surface area contributed by atoms with Gasteiger partial charge >= 0.3 is 0 Å². The molecule has 0 bridgehead atoms. The van der Waals surface area contributed by atoms with E-state index in [4.69, 9.17) is 0 Å². The first-order valence-corrected chi connectivity index (χ1v) is 8.29. The monoisotopic (exact) mass is 423 g/mol. The van der Waals surface area contributed by atoms with E-state index in [0.717, 1.165) is 45.2 Å². The molecule has 2 heterocycles. The number of hydrogen-bond acceptors (Lipinski definition) is 2. The van der Waals surface area contributed by atoms with E-state index < -0.39 is 11.6 Å². The van der Waals surface area contributed by atoms with Crippen LogP contribution in [0.15, 0.2) is 42.5 Å². The predicted molar refractivity (Wildman–Crippen MR) is 93.8 cm³/mol. The Hall–Kier alpha value is -1.96. The van der Waals surface area contributed by atoms with Crippen LogP contribution in [0.3, 0.4) is 0 Å². The van der Waals surface area contributed by atoms with Crippen LogP contribution in [0.5, 0.6) is 0 Å². The van der Waals surface area contributed by atoms with Crippen molar-refractivity contribution in [1.29, 1.82) is 0 Å². The van der Waals surface area contributed by atoms with Crippen LogP contribution >= 0.6 is 22.6 Å². The van der Waals surface area contributed by atoms with Gasteiger partial charge in [-0.15, -0.1) is 0 Å². The Labute approximate surface area is 145 Å². The average Bonchev–Trinajstić information content (AvgIpc) is 3.11. The Morgan fingerprint density at radius 3 is 2.74 bits per heavy atom. The lowest BCUT2D eigenvalue weighted by atomic mass is 10.1. The zero-order chi connectivity index (χ0) is 16.0. The SMILES string of the molecule is Fc1ccc(-n2nc(-c3ccccc3I)c3c2NCC3)c(F)c1. The van der Waals surface area contributed by atoms with Gasteiger partial charge in [0.25, 0.3) is 0 Å². The topological polar surface area (TPSA) is 29.9 Å². The quantitative estimate of drug-likeness (QED) is 0.620. The second-order valence-electron chi connectivity index (χ2n) is 5.34. The summed E-state index contributed by atoms with van der Waals surface area (Å²) in [6.07, 6.45) is 0.832. The van der Waals surface area contributed by atoms with Gasteiger partial charge in [0.05, 0.1) is 5.69 Å². The van der Waals surface area contributed by atoms with Gasteiger partial charge in [0.2, 0.25) is 0 Å². The molecule has 0 saturated carbocycles. The van der Waals surface area contributed by atoms with Crippen LogP contribution in [0.1, 0.15) is 5.56 Å². The number of aromatic nitrogens is 2. The van der Waals surface area contributed by atoms with E-state index in [1.54, 1.807) is 0 Å². The van der Waals surface area contributed by atoms with Crippen molar-refractivity contribution in [1.82, 2.24) is 9.78 Å². The normalized spacial score (nSPS) is 13.0. The second kappa shape index (κ2) is 5.59. The maximum atomic E-state index is 14.2. The Kier molecular flexibility index (Phi) is 3.56. The predicted octanol–water partition coefficient (Wildman–Crippen LogP) is 4.39. The van der Waals surface area contributed by atoms with E-state index in [0.29, 0.717) is 0 Å². The maximum Gasteiger partial charge on any atom is 0.151 e. The third kappa shape index (κ3) is 2.41. The summed E-state index contributed by atoms with van der Waals surface area (Å²) in [6, 6.07) is 11.5. The number of fused-ring (bicyclic) bond motifs is 1. The molecule has 0 radical (unpaired) electrons. The summed E-state index contributed by atoms with van der Waals surface area (Å²) in [4.78, 5) is 0. The smallest absolute Gasteiger partial charge is 0.151 e. The second-order valence-corrected chi connectivity index (χ2v) is 6.50. The summed E-state index contributed by atoms with van der Waals surface area (Å²) in [7, 11) is 0. The van der Waals surface area contributed by atoms with E-state index in [-0.39, 0.29) is 5.69 Å². The Balaban J connectivity index is 1.94. The summed E-state index contributed by atoms with van der Waals surface area (Å²) in [6.45, 7) is 0.784. The molecule has 23 heavy (non-hydrogen) atoms. The molecule has 1 N–H and O–H groups in total. The molecule has 0 unspecified atom stereocenters. The van der Waals surface area contributed by atoms with Gasteiger partial charge in [-0.3, -0.25) is 0 Å². The zero-order valence-electron chi connectivity index (χ0n) is 12.0. The summed E-state index contributed by atoms with van der Waals surface area (Å²) in [5.74, 6) is -0.440. The van der Waals surface area contributed by atoms with Crippen molar-refractivity contribution < 1.29 is 8.78 Å². The molecule has 0 spiro atoms. The fourth-order valence-corrected chi connectivity index (χ4v) is 3.51. The Morgan fingerprint density at radius 1 is 1.13 bits per heavy atom. The largest absolute Gasteiger partial charge is 0.369 e. The first-order chi connectivity index (χ1) is 11.1. The molecule has 3 aromatic rings. The molecule has 1 aliphatic rings. The highest BCUT2D eigenvalue weighted by molar-refractivity contribution is 14.1. The maximum absolute atomic E-state index is 14.2. The molecule has 0 saturated heterocycles. The van der Waals surface area contributed by atoms with Crippen LogP contribution in [0.25, 0.3) is 16.9 Å². The van der Waals surface area contributed by atoms with Crippen molar-refractivity contribution in [2.75, 3.05) is 11.9 Å². The van der Waals surface area contributed by atoms with Crippen LogP contribution in [0, 0.1) is 15.2 Å². The molecular formula is C17H12F2IN3. The number of benzene rings is 2. The highest BCUT2D eigenvalue weighted by Crippen LogP contribution is 2.36. The fraction of sp³-hybridized carbons (Fsp3) is 0.118. The molecule has 0 aliphatic carbocycles. The van der Waals surface area contributed by atoms with Gasteiger partial charge < -0.3 is 5.32 Å².